The molecule has 0 aliphatic carbocycles. The molecule has 0 saturated carbocycles. The van der Waals surface area contributed by atoms with Gasteiger partial charge >= 0.3 is 0 Å². The molecule has 1 rings (SSSR count). The molecule has 2 N–H and O–H groups in total. The number of carbonyl (C=O) groups excluding carboxylic acids is 3. The average molecular weight is 200 g/mol. The van der Waals surface area contributed by atoms with Crippen LogP contribution in [0.15, 0.2) is 0 Å². The number of aliphatic hydroxyl groups excluding tert-OH is 1. The molecule has 0 spiro atoms. The molecule has 1 fully saturated rings. The van der Waals surface area contributed by atoms with Crippen LogP contribution in [0.4, 0.5) is 0 Å². The number of nitrogens with one attached hydrogen (secondary N) is 1. The highest BCUT2D eigenvalue weighted by atomic mass is 16.3. The zero-order chi connectivity index (χ0) is 10.7. The quantitative estimate of drug-likeness (QED) is 0.408. The minimum Gasteiger partial charge on any atom is -0.392 e. The van der Waals surface area contributed by atoms with Crippen molar-refractivity contribution in [2.24, 2.45) is 0 Å². The van der Waals surface area contributed by atoms with Crippen molar-refractivity contribution in [1.82, 2.24) is 10.2 Å². The Balaban J connectivity index is 2.74. The normalized spacial score (nSPS) is 20.4. The van der Waals surface area contributed by atoms with Gasteiger partial charge in [-0.05, 0) is 6.92 Å². The first-order valence-corrected chi connectivity index (χ1v) is 4.28. The van der Waals surface area contributed by atoms with Crippen molar-refractivity contribution in [3.63, 3.8) is 0 Å². The van der Waals surface area contributed by atoms with Crippen LogP contribution in [0.2, 0.25) is 0 Å². The SMILES string of the molecule is CC(O)CN1C(=O)CNC(=O)CC1=O. The summed E-state index contributed by atoms with van der Waals surface area (Å²) >= 11 is 0. The molecule has 0 aromatic heterocycles. The summed E-state index contributed by atoms with van der Waals surface area (Å²) in [6.07, 6.45) is -1.12. The van der Waals surface area contributed by atoms with Crippen LogP contribution >= 0.6 is 0 Å². The number of nitrogens with zero attached hydrogens (tertiary/aromatic N) is 1. The third-order valence-corrected chi connectivity index (χ3v) is 1.80. The van der Waals surface area contributed by atoms with Gasteiger partial charge in [-0.3, -0.25) is 19.3 Å². The predicted octanol–water partition coefficient (Wildman–Crippen LogP) is -1.76. The second-order valence-electron chi connectivity index (χ2n) is 3.20. The fourth-order valence-corrected chi connectivity index (χ4v) is 1.17. The third kappa shape index (κ3) is 2.53. The zero-order valence-electron chi connectivity index (χ0n) is 7.82. The molecular formula is C8H12N2O4. The van der Waals surface area contributed by atoms with Gasteiger partial charge in [-0.15, -0.1) is 0 Å². The van der Waals surface area contributed by atoms with E-state index in [0.717, 1.165) is 4.90 Å². The van der Waals surface area contributed by atoms with Gasteiger partial charge in [0.05, 0.1) is 19.2 Å². The average Bonchev–Trinajstić information content (AvgIpc) is 2.18. The maximum absolute atomic E-state index is 11.3. The van der Waals surface area contributed by atoms with Gasteiger partial charge in [0.1, 0.15) is 6.42 Å². The smallest absolute Gasteiger partial charge is 0.248 e. The summed E-state index contributed by atoms with van der Waals surface area (Å²) in [5, 5.41) is 11.3. The van der Waals surface area contributed by atoms with E-state index in [-0.39, 0.29) is 19.5 Å². The van der Waals surface area contributed by atoms with E-state index in [1.165, 1.54) is 6.92 Å². The maximum Gasteiger partial charge on any atom is 0.248 e. The number of β-amino-alcohol motifs (C(OH)–C–C–N with tert-alkyl or cyclic N) is 1. The summed E-state index contributed by atoms with van der Waals surface area (Å²) in [6.45, 7) is 1.23. The number of imide groups is 1. The Bertz CT molecular complexity index is 275. The van der Waals surface area contributed by atoms with Crippen LogP contribution in [0.25, 0.3) is 0 Å². The molecule has 1 atom stereocenters. The number of amides is 3. The van der Waals surface area contributed by atoms with Crippen LogP contribution < -0.4 is 5.32 Å². The first kappa shape index (κ1) is 10.6. The van der Waals surface area contributed by atoms with Gasteiger partial charge in [0, 0.05) is 0 Å². The van der Waals surface area contributed by atoms with Gasteiger partial charge in [-0.1, -0.05) is 0 Å². The molecule has 6 nitrogen and oxygen atoms in total. The first-order valence-electron chi connectivity index (χ1n) is 4.28. The van der Waals surface area contributed by atoms with E-state index in [2.05, 4.69) is 5.32 Å². The molecule has 0 aromatic carbocycles. The molecule has 1 saturated heterocycles. The molecule has 1 aliphatic heterocycles. The lowest BCUT2D eigenvalue weighted by atomic mass is 10.3. The second-order valence-corrected chi connectivity index (χ2v) is 3.20. The van der Waals surface area contributed by atoms with E-state index < -0.39 is 23.8 Å². The van der Waals surface area contributed by atoms with Gasteiger partial charge in [0.15, 0.2) is 0 Å². The van der Waals surface area contributed by atoms with Crippen molar-refractivity contribution < 1.29 is 19.5 Å². The molecular weight excluding hydrogens is 188 g/mol. The largest absolute Gasteiger partial charge is 0.392 e. The summed E-state index contributed by atoms with van der Waals surface area (Å²) in [5.41, 5.74) is 0. The standard InChI is InChI=1S/C8H12N2O4/c1-5(11)4-10-7(13)2-6(12)9-3-8(10)14/h5,11H,2-4H2,1H3,(H,9,12). The van der Waals surface area contributed by atoms with Crippen molar-refractivity contribution in [3.05, 3.63) is 0 Å². The van der Waals surface area contributed by atoms with E-state index >= 15 is 0 Å². The number of carbonyl (C=O) groups is 3. The molecule has 1 aliphatic rings. The summed E-state index contributed by atoms with van der Waals surface area (Å²) in [5.74, 6) is -1.51. The van der Waals surface area contributed by atoms with Crippen molar-refractivity contribution in [1.29, 1.82) is 0 Å². The van der Waals surface area contributed by atoms with Crippen LogP contribution in [0.1, 0.15) is 13.3 Å². The van der Waals surface area contributed by atoms with Gasteiger partial charge in [-0.2, -0.15) is 0 Å². The van der Waals surface area contributed by atoms with Crippen molar-refractivity contribution in [2.75, 3.05) is 13.1 Å². The monoisotopic (exact) mass is 200 g/mol. The van der Waals surface area contributed by atoms with E-state index in [4.69, 9.17) is 5.11 Å². The van der Waals surface area contributed by atoms with E-state index in [1.54, 1.807) is 0 Å². The van der Waals surface area contributed by atoms with E-state index in [1.807, 2.05) is 0 Å². The van der Waals surface area contributed by atoms with Gasteiger partial charge < -0.3 is 10.4 Å². The number of hydrogen-bond acceptors (Lipinski definition) is 4. The van der Waals surface area contributed by atoms with Crippen LogP contribution in [0, 0.1) is 0 Å². The minimum absolute atomic E-state index is 0.0629. The maximum atomic E-state index is 11.3. The Morgan fingerprint density at radius 3 is 2.64 bits per heavy atom. The first-order chi connectivity index (χ1) is 6.50. The predicted molar refractivity (Wildman–Crippen MR) is 46.0 cm³/mol. The van der Waals surface area contributed by atoms with E-state index in [0.29, 0.717) is 0 Å². The molecule has 78 valence electrons. The molecule has 0 bridgehead atoms. The Labute approximate surface area is 80.9 Å². The third-order valence-electron chi connectivity index (χ3n) is 1.80. The second kappa shape index (κ2) is 4.19. The minimum atomic E-state index is -0.781. The van der Waals surface area contributed by atoms with Crippen molar-refractivity contribution >= 4 is 17.7 Å². The van der Waals surface area contributed by atoms with Gasteiger partial charge in [0.25, 0.3) is 0 Å². The molecule has 14 heavy (non-hydrogen) atoms. The lowest BCUT2D eigenvalue weighted by molar-refractivity contribution is -0.144. The Kier molecular flexibility index (Phi) is 3.19. The number of hydrogen-bond donors (Lipinski definition) is 2. The Morgan fingerprint density at radius 2 is 2.07 bits per heavy atom. The molecule has 6 heteroatoms. The summed E-state index contributed by atoms with van der Waals surface area (Å²) in [6, 6.07) is 0. The summed E-state index contributed by atoms with van der Waals surface area (Å²) < 4.78 is 0. The molecule has 3 amide bonds. The molecule has 1 unspecified atom stereocenters. The molecule has 0 aromatic rings. The fourth-order valence-electron chi connectivity index (χ4n) is 1.17. The molecule has 1 heterocycles. The summed E-state index contributed by atoms with van der Waals surface area (Å²) in [4.78, 5) is 34.4. The lowest BCUT2D eigenvalue weighted by Crippen LogP contribution is -2.42. The fraction of sp³-hybridized carbons (Fsp3) is 0.625. The van der Waals surface area contributed by atoms with Crippen LogP contribution in [0.3, 0.4) is 0 Å². The number of rotatable bonds is 2. The number of aliphatic hydroxyl groups is 1. The topological polar surface area (TPSA) is 86.7 Å². The van der Waals surface area contributed by atoms with Gasteiger partial charge in [0.2, 0.25) is 17.7 Å². The summed E-state index contributed by atoms with van der Waals surface area (Å²) in [7, 11) is 0. The van der Waals surface area contributed by atoms with Crippen LogP contribution in [0.5, 0.6) is 0 Å². The van der Waals surface area contributed by atoms with Crippen LogP contribution in [-0.4, -0.2) is 46.9 Å². The Hall–Kier alpha value is -1.43. The zero-order valence-corrected chi connectivity index (χ0v) is 7.82. The molecule has 0 radical (unpaired) electrons. The van der Waals surface area contributed by atoms with Gasteiger partial charge in [-0.25, -0.2) is 0 Å². The lowest BCUT2D eigenvalue weighted by Gasteiger charge is -2.19. The van der Waals surface area contributed by atoms with Crippen molar-refractivity contribution in [2.45, 2.75) is 19.4 Å². The van der Waals surface area contributed by atoms with E-state index in [9.17, 15) is 14.4 Å². The van der Waals surface area contributed by atoms with Crippen molar-refractivity contribution in [3.8, 4) is 0 Å². The highest BCUT2D eigenvalue weighted by molar-refractivity contribution is 6.07. The van der Waals surface area contributed by atoms with Crippen LogP contribution in [-0.2, 0) is 14.4 Å². The Morgan fingerprint density at radius 1 is 1.43 bits per heavy atom. The highest BCUT2D eigenvalue weighted by Crippen LogP contribution is 2.01. The highest BCUT2D eigenvalue weighted by Gasteiger charge is 2.28.